The van der Waals surface area contributed by atoms with Crippen LogP contribution in [0.2, 0.25) is 0 Å². The smallest absolute Gasteiger partial charge is 0.229 e. The Morgan fingerprint density at radius 2 is 2.22 bits per heavy atom. The van der Waals surface area contributed by atoms with Crippen molar-refractivity contribution < 1.29 is 4.79 Å². The van der Waals surface area contributed by atoms with Gasteiger partial charge in [0.15, 0.2) is 5.13 Å². The average Bonchev–Trinajstić information content (AvgIpc) is 2.85. The van der Waals surface area contributed by atoms with Crippen LogP contribution in [0.4, 0.5) is 5.13 Å². The Balaban J connectivity index is 2.40. The van der Waals surface area contributed by atoms with E-state index in [2.05, 4.69) is 10.3 Å². The van der Waals surface area contributed by atoms with Gasteiger partial charge in [0.1, 0.15) is 10.3 Å². The molecule has 0 atom stereocenters. The van der Waals surface area contributed by atoms with Gasteiger partial charge in [0.25, 0.3) is 0 Å². The molecule has 0 aliphatic heterocycles. The standard InChI is InChI=1S/C13H13N3OS/c1-3-14-13-15-11-9-6-4-5-7-10(9)16(8(2)17)12(11)18-13/h4-7H,3H2,1-2H3,(H,14,15). The number of anilines is 1. The first-order valence-corrected chi connectivity index (χ1v) is 6.68. The number of hydrogen-bond acceptors (Lipinski definition) is 4. The van der Waals surface area contributed by atoms with Crippen LogP contribution < -0.4 is 5.32 Å². The summed E-state index contributed by atoms with van der Waals surface area (Å²) >= 11 is 1.52. The molecule has 0 spiro atoms. The van der Waals surface area contributed by atoms with Gasteiger partial charge in [-0.2, -0.15) is 0 Å². The van der Waals surface area contributed by atoms with Gasteiger partial charge >= 0.3 is 0 Å². The first-order chi connectivity index (χ1) is 8.72. The maximum absolute atomic E-state index is 11.8. The molecule has 0 amide bonds. The second kappa shape index (κ2) is 4.10. The van der Waals surface area contributed by atoms with E-state index in [0.717, 1.165) is 32.9 Å². The zero-order valence-electron chi connectivity index (χ0n) is 10.2. The third-order valence-electron chi connectivity index (χ3n) is 2.86. The summed E-state index contributed by atoms with van der Waals surface area (Å²) in [6, 6.07) is 7.87. The summed E-state index contributed by atoms with van der Waals surface area (Å²) in [6.45, 7) is 4.44. The lowest BCUT2D eigenvalue weighted by Gasteiger charge is -2.00. The molecule has 0 radical (unpaired) electrons. The molecule has 3 aromatic rings. The van der Waals surface area contributed by atoms with Gasteiger partial charge in [0.05, 0.1) is 5.52 Å². The van der Waals surface area contributed by atoms with Crippen LogP contribution in [0.15, 0.2) is 24.3 Å². The number of rotatable bonds is 2. The molecular formula is C13H13N3OS. The highest BCUT2D eigenvalue weighted by atomic mass is 32.1. The predicted molar refractivity (Wildman–Crippen MR) is 75.6 cm³/mol. The average molecular weight is 259 g/mol. The largest absolute Gasteiger partial charge is 0.362 e. The molecule has 1 N–H and O–H groups in total. The molecule has 2 aromatic heterocycles. The van der Waals surface area contributed by atoms with Crippen LogP contribution in [-0.4, -0.2) is 22.0 Å². The molecule has 3 rings (SSSR count). The number of thiazole rings is 1. The summed E-state index contributed by atoms with van der Waals surface area (Å²) in [5, 5.41) is 5.09. The number of nitrogens with one attached hydrogen (secondary N) is 1. The molecule has 0 aliphatic carbocycles. The quantitative estimate of drug-likeness (QED) is 0.767. The van der Waals surface area contributed by atoms with Crippen molar-refractivity contribution in [3.8, 4) is 0 Å². The van der Waals surface area contributed by atoms with Crippen LogP contribution in [0.3, 0.4) is 0 Å². The maximum atomic E-state index is 11.8. The third-order valence-corrected chi connectivity index (χ3v) is 3.85. The van der Waals surface area contributed by atoms with Crippen LogP contribution in [-0.2, 0) is 0 Å². The molecule has 92 valence electrons. The number of carbonyl (C=O) groups excluding carboxylic acids is 1. The minimum Gasteiger partial charge on any atom is -0.362 e. The molecular weight excluding hydrogens is 246 g/mol. The normalized spacial score (nSPS) is 11.2. The fourth-order valence-corrected chi connectivity index (χ4v) is 3.26. The van der Waals surface area contributed by atoms with E-state index in [0.29, 0.717) is 0 Å². The highest BCUT2D eigenvalue weighted by Gasteiger charge is 2.17. The zero-order chi connectivity index (χ0) is 12.7. The Hall–Kier alpha value is -1.88. The minimum absolute atomic E-state index is 0.0212. The van der Waals surface area contributed by atoms with E-state index in [4.69, 9.17) is 0 Å². The summed E-state index contributed by atoms with van der Waals surface area (Å²) in [4.78, 5) is 17.3. The van der Waals surface area contributed by atoms with Crippen molar-refractivity contribution in [2.45, 2.75) is 13.8 Å². The molecule has 0 fully saturated rings. The molecule has 1 aromatic carbocycles. The van der Waals surface area contributed by atoms with Crippen LogP contribution in [0, 0.1) is 0 Å². The van der Waals surface area contributed by atoms with E-state index in [9.17, 15) is 4.79 Å². The van der Waals surface area contributed by atoms with Gasteiger partial charge in [-0.25, -0.2) is 4.98 Å². The highest BCUT2D eigenvalue weighted by molar-refractivity contribution is 7.22. The van der Waals surface area contributed by atoms with E-state index in [1.807, 2.05) is 31.2 Å². The SMILES string of the molecule is CCNc1nc2c3ccccc3n(C(C)=O)c2s1. The van der Waals surface area contributed by atoms with Gasteiger partial charge in [0.2, 0.25) is 5.91 Å². The van der Waals surface area contributed by atoms with Crippen LogP contribution >= 0.6 is 11.3 Å². The zero-order valence-corrected chi connectivity index (χ0v) is 11.0. The van der Waals surface area contributed by atoms with Gasteiger partial charge in [-0.3, -0.25) is 9.36 Å². The first kappa shape index (κ1) is 11.2. The topological polar surface area (TPSA) is 46.9 Å². The van der Waals surface area contributed by atoms with Crippen molar-refractivity contribution in [2.75, 3.05) is 11.9 Å². The number of para-hydroxylation sites is 1. The second-order valence-electron chi connectivity index (χ2n) is 4.07. The third kappa shape index (κ3) is 1.51. The number of benzene rings is 1. The lowest BCUT2D eigenvalue weighted by Crippen LogP contribution is -2.03. The van der Waals surface area contributed by atoms with Crippen molar-refractivity contribution in [2.24, 2.45) is 0 Å². The Morgan fingerprint density at radius 3 is 2.94 bits per heavy atom. The van der Waals surface area contributed by atoms with Crippen molar-refractivity contribution in [3.05, 3.63) is 24.3 Å². The predicted octanol–water partition coefficient (Wildman–Crippen LogP) is 3.34. The minimum atomic E-state index is 0.0212. The van der Waals surface area contributed by atoms with Crippen molar-refractivity contribution in [1.82, 2.24) is 9.55 Å². The summed E-state index contributed by atoms with van der Waals surface area (Å²) in [5.41, 5.74) is 1.84. The number of hydrogen-bond donors (Lipinski definition) is 1. The molecule has 0 saturated heterocycles. The van der Waals surface area contributed by atoms with E-state index in [-0.39, 0.29) is 5.91 Å². The van der Waals surface area contributed by atoms with E-state index in [1.165, 1.54) is 11.3 Å². The fraction of sp³-hybridized carbons (Fsp3) is 0.231. The Labute approximate surface area is 108 Å². The number of nitrogens with zero attached hydrogens (tertiary/aromatic N) is 2. The Morgan fingerprint density at radius 1 is 1.44 bits per heavy atom. The highest BCUT2D eigenvalue weighted by Crippen LogP contribution is 2.34. The summed E-state index contributed by atoms with van der Waals surface area (Å²) in [7, 11) is 0. The number of fused-ring (bicyclic) bond motifs is 3. The molecule has 0 bridgehead atoms. The van der Waals surface area contributed by atoms with Crippen molar-refractivity contribution in [3.63, 3.8) is 0 Å². The van der Waals surface area contributed by atoms with Crippen LogP contribution in [0.5, 0.6) is 0 Å². The first-order valence-electron chi connectivity index (χ1n) is 5.87. The molecule has 0 saturated carbocycles. The van der Waals surface area contributed by atoms with Gasteiger partial charge in [0, 0.05) is 18.9 Å². The number of carbonyl (C=O) groups is 1. The second-order valence-corrected chi connectivity index (χ2v) is 5.05. The van der Waals surface area contributed by atoms with E-state index < -0.39 is 0 Å². The van der Waals surface area contributed by atoms with E-state index in [1.54, 1.807) is 11.5 Å². The molecule has 18 heavy (non-hydrogen) atoms. The maximum Gasteiger partial charge on any atom is 0.229 e. The van der Waals surface area contributed by atoms with Crippen LogP contribution in [0.1, 0.15) is 18.6 Å². The van der Waals surface area contributed by atoms with Crippen molar-refractivity contribution >= 4 is 43.6 Å². The molecule has 4 nitrogen and oxygen atoms in total. The van der Waals surface area contributed by atoms with Gasteiger partial charge in [-0.15, -0.1) is 0 Å². The van der Waals surface area contributed by atoms with E-state index >= 15 is 0 Å². The Bertz CT molecular complexity index is 741. The number of aromatic nitrogens is 2. The van der Waals surface area contributed by atoms with Crippen LogP contribution in [0.25, 0.3) is 21.3 Å². The molecule has 2 heterocycles. The summed E-state index contributed by atoms with van der Waals surface area (Å²) in [6.07, 6.45) is 0. The van der Waals surface area contributed by atoms with Gasteiger partial charge < -0.3 is 5.32 Å². The van der Waals surface area contributed by atoms with Gasteiger partial charge in [-0.05, 0) is 13.0 Å². The lowest BCUT2D eigenvalue weighted by molar-refractivity contribution is 0.0947. The van der Waals surface area contributed by atoms with Gasteiger partial charge in [-0.1, -0.05) is 29.5 Å². The summed E-state index contributed by atoms with van der Waals surface area (Å²) in [5.74, 6) is 0.0212. The Kier molecular flexibility index (Phi) is 2.56. The monoisotopic (exact) mass is 259 g/mol. The molecule has 0 aliphatic rings. The fourth-order valence-electron chi connectivity index (χ4n) is 2.16. The molecule has 5 heteroatoms. The summed E-state index contributed by atoms with van der Waals surface area (Å²) < 4.78 is 1.74. The molecule has 0 unspecified atom stereocenters. The van der Waals surface area contributed by atoms with Crippen molar-refractivity contribution in [1.29, 1.82) is 0 Å². The lowest BCUT2D eigenvalue weighted by atomic mass is 10.2.